The Morgan fingerprint density at radius 1 is 1.14 bits per heavy atom. The molecule has 3 aromatic rings. The minimum absolute atomic E-state index is 0.000425. The van der Waals surface area contributed by atoms with E-state index in [2.05, 4.69) is 29.0 Å². The Bertz CT molecular complexity index is 1290. The highest BCUT2D eigenvalue weighted by atomic mass is 19.4. The van der Waals surface area contributed by atoms with Gasteiger partial charge in [0.05, 0.1) is 29.0 Å². The number of fused-ring (bicyclic) bond motifs is 2. The molecule has 1 aromatic heterocycles. The molecule has 2 N–H and O–H groups in total. The van der Waals surface area contributed by atoms with E-state index in [4.69, 9.17) is 0 Å². The van der Waals surface area contributed by atoms with Crippen molar-refractivity contribution >= 4 is 5.91 Å². The Kier molecular flexibility index (Phi) is 6.81. The van der Waals surface area contributed by atoms with E-state index in [1.165, 1.54) is 12.1 Å². The van der Waals surface area contributed by atoms with Crippen LogP contribution in [0.4, 0.5) is 13.2 Å². The summed E-state index contributed by atoms with van der Waals surface area (Å²) in [6, 6.07) is 15.0. The Balaban J connectivity index is 1.28. The normalized spacial score (nSPS) is 21.2. The average Bonchev–Trinajstić information content (AvgIpc) is 3.37. The highest BCUT2D eigenvalue weighted by molar-refractivity contribution is 5.94. The number of rotatable bonds is 6. The zero-order valence-electron chi connectivity index (χ0n) is 20.8. The number of carbonyl (C=O) groups excluding carboxylic acids is 1. The third kappa shape index (κ3) is 5.13. The maximum Gasteiger partial charge on any atom is 0.416 e. The first-order chi connectivity index (χ1) is 17.6. The molecule has 0 saturated carbocycles. The fourth-order valence-corrected chi connectivity index (χ4v) is 5.66. The molecule has 0 saturated heterocycles. The minimum Gasteiger partial charge on any atom is -0.392 e. The Hall–Kier alpha value is -3.23. The van der Waals surface area contributed by atoms with Crippen LogP contribution in [0.5, 0.6) is 0 Å². The molecule has 0 fully saturated rings. The maximum atomic E-state index is 13.0. The molecule has 194 valence electrons. The largest absolute Gasteiger partial charge is 0.416 e. The number of nitrogens with zero attached hydrogens (tertiary/aromatic N) is 2. The van der Waals surface area contributed by atoms with Crippen LogP contribution in [0.15, 0.2) is 60.8 Å². The lowest BCUT2D eigenvalue weighted by atomic mass is 9.98. The molecule has 5 nitrogen and oxygen atoms in total. The number of carbonyl (C=O) groups is 1. The lowest BCUT2D eigenvalue weighted by Crippen LogP contribution is -2.32. The zero-order chi connectivity index (χ0) is 26.3. The molecule has 2 aliphatic rings. The Morgan fingerprint density at radius 3 is 2.57 bits per heavy atom. The van der Waals surface area contributed by atoms with Gasteiger partial charge in [0, 0.05) is 31.7 Å². The second-order valence-corrected chi connectivity index (χ2v) is 10.3. The number of hydrogen-bond donors (Lipinski definition) is 2. The quantitative estimate of drug-likeness (QED) is 0.477. The molecule has 8 heteroatoms. The summed E-state index contributed by atoms with van der Waals surface area (Å²) in [5.74, 6) is -0.159. The molecule has 0 spiro atoms. The van der Waals surface area contributed by atoms with Gasteiger partial charge in [0.2, 0.25) is 0 Å². The molecule has 5 rings (SSSR count). The standard InChI is InChI=1S/C29H30F3N3O2/c1-17(2)27-26-21(16-35(27)15-18-7-9-22(10-8-18)29(30,31)32)11-20(13-33-26)28(37)34-14-24-23-6-4-3-5-19(23)12-25(24)36/h3-11,13,17,24-25,27,36H,12,14-16H2,1-2H3,(H,34,37)/t24?,25-,27+/m1/s1. The van der Waals surface area contributed by atoms with Crippen LogP contribution < -0.4 is 5.32 Å². The van der Waals surface area contributed by atoms with Crippen molar-refractivity contribution < 1.29 is 23.1 Å². The van der Waals surface area contributed by atoms with E-state index in [1.54, 1.807) is 6.20 Å². The van der Waals surface area contributed by atoms with E-state index in [0.29, 0.717) is 31.6 Å². The predicted octanol–water partition coefficient (Wildman–Crippen LogP) is 5.24. The highest BCUT2D eigenvalue weighted by Gasteiger charge is 2.35. The molecule has 1 unspecified atom stereocenters. The summed E-state index contributed by atoms with van der Waals surface area (Å²) >= 11 is 0. The molecular weight excluding hydrogens is 479 g/mol. The number of benzene rings is 2. The van der Waals surface area contributed by atoms with Crippen molar-refractivity contribution in [3.8, 4) is 0 Å². The summed E-state index contributed by atoms with van der Waals surface area (Å²) in [6.45, 7) is 5.56. The third-order valence-electron chi connectivity index (χ3n) is 7.44. The van der Waals surface area contributed by atoms with Crippen molar-refractivity contribution in [1.29, 1.82) is 0 Å². The van der Waals surface area contributed by atoms with Gasteiger partial charge < -0.3 is 10.4 Å². The van der Waals surface area contributed by atoms with Crippen LogP contribution in [0.1, 0.15) is 69.7 Å². The summed E-state index contributed by atoms with van der Waals surface area (Å²) in [4.78, 5) is 19.8. The fourth-order valence-electron chi connectivity index (χ4n) is 5.66. The lowest BCUT2D eigenvalue weighted by molar-refractivity contribution is -0.137. The van der Waals surface area contributed by atoms with Gasteiger partial charge in [0.25, 0.3) is 5.91 Å². The van der Waals surface area contributed by atoms with Crippen LogP contribution in [0.3, 0.4) is 0 Å². The zero-order valence-corrected chi connectivity index (χ0v) is 20.8. The number of aliphatic hydroxyl groups excluding tert-OH is 1. The van der Waals surface area contributed by atoms with E-state index in [0.717, 1.165) is 40.1 Å². The van der Waals surface area contributed by atoms with Crippen molar-refractivity contribution in [2.75, 3.05) is 6.54 Å². The highest BCUT2D eigenvalue weighted by Crippen LogP contribution is 2.39. The Labute approximate surface area is 214 Å². The first-order valence-electron chi connectivity index (χ1n) is 12.5. The molecule has 3 atom stereocenters. The second-order valence-electron chi connectivity index (χ2n) is 10.3. The fraction of sp³-hybridized carbons (Fsp3) is 0.379. The first-order valence-corrected chi connectivity index (χ1v) is 12.5. The molecule has 1 aliphatic carbocycles. The molecule has 0 radical (unpaired) electrons. The summed E-state index contributed by atoms with van der Waals surface area (Å²) in [6.07, 6.45) is -2.71. The van der Waals surface area contributed by atoms with Gasteiger partial charge in [-0.1, -0.05) is 50.2 Å². The number of alkyl halides is 3. The lowest BCUT2D eigenvalue weighted by Gasteiger charge is -2.27. The van der Waals surface area contributed by atoms with E-state index in [-0.39, 0.29) is 23.8 Å². The van der Waals surface area contributed by atoms with E-state index < -0.39 is 17.8 Å². The number of amides is 1. The van der Waals surface area contributed by atoms with Gasteiger partial charge in [-0.3, -0.25) is 14.7 Å². The first kappa shape index (κ1) is 25.4. The maximum absolute atomic E-state index is 13.0. The number of nitrogens with one attached hydrogen (secondary N) is 1. The summed E-state index contributed by atoms with van der Waals surface area (Å²) in [7, 11) is 0. The van der Waals surface area contributed by atoms with Crippen LogP contribution >= 0.6 is 0 Å². The van der Waals surface area contributed by atoms with Gasteiger partial charge in [-0.15, -0.1) is 0 Å². The summed E-state index contributed by atoms with van der Waals surface area (Å²) in [5, 5.41) is 13.4. The molecule has 0 bridgehead atoms. The van der Waals surface area contributed by atoms with Crippen LogP contribution in [-0.4, -0.2) is 33.5 Å². The molecule has 37 heavy (non-hydrogen) atoms. The van der Waals surface area contributed by atoms with Gasteiger partial charge in [-0.05, 0) is 52.8 Å². The SMILES string of the molecule is CC(C)[C@H]1c2ncc(C(=O)NCC3c4ccccc4C[C@H]3O)cc2CN1Cc1ccc(C(F)(F)F)cc1. The van der Waals surface area contributed by atoms with E-state index >= 15 is 0 Å². The average molecular weight is 510 g/mol. The monoisotopic (exact) mass is 509 g/mol. The Morgan fingerprint density at radius 2 is 1.86 bits per heavy atom. The summed E-state index contributed by atoms with van der Waals surface area (Å²) in [5.41, 5.74) is 4.62. The number of hydrogen-bond acceptors (Lipinski definition) is 4. The number of pyridine rings is 1. The molecular formula is C29H30F3N3O2. The van der Waals surface area contributed by atoms with Crippen LogP contribution in [0, 0.1) is 5.92 Å². The van der Waals surface area contributed by atoms with Gasteiger partial charge in [-0.2, -0.15) is 13.2 Å². The van der Waals surface area contributed by atoms with Gasteiger partial charge in [0.15, 0.2) is 0 Å². The van der Waals surface area contributed by atoms with Crippen molar-refractivity contribution in [2.45, 2.75) is 57.6 Å². The van der Waals surface area contributed by atoms with Crippen LogP contribution in [0.25, 0.3) is 0 Å². The topological polar surface area (TPSA) is 65.5 Å². The van der Waals surface area contributed by atoms with Crippen molar-refractivity contribution in [2.24, 2.45) is 5.92 Å². The van der Waals surface area contributed by atoms with Crippen molar-refractivity contribution in [3.63, 3.8) is 0 Å². The van der Waals surface area contributed by atoms with Gasteiger partial charge in [0.1, 0.15) is 0 Å². The van der Waals surface area contributed by atoms with Crippen LogP contribution in [0.2, 0.25) is 0 Å². The number of halogens is 3. The van der Waals surface area contributed by atoms with E-state index in [1.807, 2.05) is 30.3 Å². The molecule has 1 amide bonds. The van der Waals surface area contributed by atoms with Gasteiger partial charge >= 0.3 is 6.18 Å². The molecule has 1 aliphatic heterocycles. The predicted molar refractivity (Wildman–Crippen MR) is 134 cm³/mol. The van der Waals surface area contributed by atoms with Crippen LogP contribution in [-0.2, 0) is 25.7 Å². The minimum atomic E-state index is -4.36. The van der Waals surface area contributed by atoms with Crippen molar-refractivity contribution in [1.82, 2.24) is 15.2 Å². The number of aliphatic hydroxyl groups is 1. The molecule has 2 heterocycles. The van der Waals surface area contributed by atoms with E-state index in [9.17, 15) is 23.1 Å². The third-order valence-corrected chi connectivity index (χ3v) is 7.44. The molecule has 2 aromatic carbocycles. The second kappa shape index (κ2) is 9.91. The smallest absolute Gasteiger partial charge is 0.392 e. The summed E-state index contributed by atoms with van der Waals surface area (Å²) < 4.78 is 38.8. The number of aromatic nitrogens is 1. The van der Waals surface area contributed by atoms with Crippen molar-refractivity contribution in [3.05, 3.63) is 99.9 Å². The van der Waals surface area contributed by atoms with Gasteiger partial charge in [-0.25, -0.2) is 0 Å².